The number of hydrogen-bond donors (Lipinski definition) is 1. The molecular formula is C18H26N4OS. The number of amides is 2. The SMILES string of the molecule is Cc1nc(C)c(CCNC(=O)N2CCCC[C@@H]2c2cccn2C)s1. The van der Waals surface area contributed by atoms with E-state index in [1.54, 1.807) is 11.3 Å². The molecule has 0 unspecified atom stereocenters. The Labute approximate surface area is 147 Å². The van der Waals surface area contributed by atoms with Crippen LogP contribution in [0.25, 0.3) is 0 Å². The Morgan fingerprint density at radius 3 is 2.92 bits per heavy atom. The molecule has 0 radical (unpaired) electrons. The van der Waals surface area contributed by atoms with Gasteiger partial charge in [0.15, 0.2) is 0 Å². The van der Waals surface area contributed by atoms with Crippen LogP contribution < -0.4 is 5.32 Å². The third-order valence-electron chi connectivity index (χ3n) is 4.72. The number of carbonyl (C=O) groups is 1. The van der Waals surface area contributed by atoms with Gasteiger partial charge in [0.2, 0.25) is 0 Å². The molecule has 0 spiro atoms. The Hall–Kier alpha value is -1.82. The number of nitrogens with zero attached hydrogens (tertiary/aromatic N) is 3. The van der Waals surface area contributed by atoms with Gasteiger partial charge in [0.1, 0.15) is 0 Å². The summed E-state index contributed by atoms with van der Waals surface area (Å²) in [4.78, 5) is 20.4. The van der Waals surface area contributed by atoms with Crippen molar-refractivity contribution in [2.75, 3.05) is 13.1 Å². The molecular weight excluding hydrogens is 320 g/mol. The fraction of sp³-hybridized carbons (Fsp3) is 0.556. The van der Waals surface area contributed by atoms with Crippen molar-refractivity contribution in [1.82, 2.24) is 19.8 Å². The van der Waals surface area contributed by atoms with Gasteiger partial charge in [-0.3, -0.25) is 0 Å². The normalized spacial score (nSPS) is 18.0. The highest BCUT2D eigenvalue weighted by Gasteiger charge is 2.29. The molecule has 1 atom stereocenters. The Kier molecular flexibility index (Phi) is 5.23. The monoisotopic (exact) mass is 346 g/mol. The summed E-state index contributed by atoms with van der Waals surface area (Å²) in [5.74, 6) is 0. The molecule has 2 amide bonds. The highest BCUT2D eigenvalue weighted by Crippen LogP contribution is 2.30. The van der Waals surface area contributed by atoms with Gasteiger partial charge in [-0.1, -0.05) is 0 Å². The summed E-state index contributed by atoms with van der Waals surface area (Å²) in [6, 6.07) is 4.42. The molecule has 0 aliphatic carbocycles. The molecule has 3 heterocycles. The van der Waals surface area contributed by atoms with Crippen LogP contribution in [-0.4, -0.2) is 33.6 Å². The average molecular weight is 346 g/mol. The molecule has 130 valence electrons. The smallest absolute Gasteiger partial charge is 0.317 e. The van der Waals surface area contributed by atoms with Crippen LogP contribution in [0.5, 0.6) is 0 Å². The summed E-state index contributed by atoms with van der Waals surface area (Å²) < 4.78 is 2.12. The Morgan fingerprint density at radius 1 is 1.42 bits per heavy atom. The molecule has 0 aromatic carbocycles. The van der Waals surface area contributed by atoms with Crippen molar-refractivity contribution in [3.05, 3.63) is 39.6 Å². The molecule has 5 nitrogen and oxygen atoms in total. The van der Waals surface area contributed by atoms with Gasteiger partial charge in [0.05, 0.1) is 16.7 Å². The third kappa shape index (κ3) is 3.64. The van der Waals surface area contributed by atoms with Crippen LogP contribution in [0.15, 0.2) is 18.3 Å². The zero-order valence-corrected chi connectivity index (χ0v) is 15.5. The number of rotatable bonds is 4. The number of urea groups is 1. The highest BCUT2D eigenvalue weighted by molar-refractivity contribution is 7.11. The average Bonchev–Trinajstić information content (AvgIpc) is 3.12. The maximum absolute atomic E-state index is 12.7. The number of piperidine rings is 1. The molecule has 1 fully saturated rings. The first-order valence-corrected chi connectivity index (χ1v) is 9.46. The minimum absolute atomic E-state index is 0.0554. The summed E-state index contributed by atoms with van der Waals surface area (Å²) in [7, 11) is 2.05. The van der Waals surface area contributed by atoms with Gasteiger partial charge in [-0.25, -0.2) is 9.78 Å². The van der Waals surface area contributed by atoms with Crippen LogP contribution in [0.4, 0.5) is 4.79 Å². The van der Waals surface area contributed by atoms with Crippen molar-refractivity contribution in [1.29, 1.82) is 0 Å². The quantitative estimate of drug-likeness (QED) is 0.920. The van der Waals surface area contributed by atoms with Crippen LogP contribution in [0.2, 0.25) is 0 Å². The summed E-state index contributed by atoms with van der Waals surface area (Å²) in [5, 5.41) is 4.20. The van der Waals surface area contributed by atoms with Crippen molar-refractivity contribution in [3.8, 4) is 0 Å². The van der Waals surface area contributed by atoms with Gasteiger partial charge in [0.25, 0.3) is 0 Å². The van der Waals surface area contributed by atoms with E-state index < -0.39 is 0 Å². The van der Waals surface area contributed by atoms with Crippen LogP contribution in [0, 0.1) is 13.8 Å². The number of hydrogen-bond acceptors (Lipinski definition) is 3. The summed E-state index contributed by atoms with van der Waals surface area (Å²) in [6.45, 7) is 5.56. The van der Waals surface area contributed by atoms with E-state index in [0.29, 0.717) is 6.54 Å². The molecule has 2 aromatic heterocycles. The maximum Gasteiger partial charge on any atom is 0.317 e. The Bertz CT molecular complexity index is 706. The number of carbonyl (C=O) groups excluding carboxylic acids is 1. The molecule has 0 bridgehead atoms. The van der Waals surface area contributed by atoms with E-state index in [1.165, 1.54) is 17.0 Å². The standard InChI is InChI=1S/C18H26N4OS/c1-13-17(24-14(2)20-13)9-10-19-18(23)22-12-5-4-7-16(22)15-8-6-11-21(15)3/h6,8,11,16H,4-5,7,9-10,12H2,1-3H3,(H,19,23)/t16-/m1/s1. The van der Waals surface area contributed by atoms with E-state index in [9.17, 15) is 4.79 Å². The van der Waals surface area contributed by atoms with Gasteiger partial charge in [0, 0.05) is 43.3 Å². The fourth-order valence-electron chi connectivity index (χ4n) is 3.49. The lowest BCUT2D eigenvalue weighted by molar-refractivity contribution is 0.148. The van der Waals surface area contributed by atoms with Crippen molar-refractivity contribution < 1.29 is 4.79 Å². The van der Waals surface area contributed by atoms with E-state index in [-0.39, 0.29) is 12.1 Å². The first-order valence-electron chi connectivity index (χ1n) is 8.65. The molecule has 3 rings (SSSR count). The topological polar surface area (TPSA) is 50.2 Å². The number of nitrogens with one attached hydrogen (secondary N) is 1. The molecule has 1 aliphatic heterocycles. The van der Waals surface area contributed by atoms with Gasteiger partial charge >= 0.3 is 6.03 Å². The first-order chi connectivity index (χ1) is 11.6. The van der Waals surface area contributed by atoms with Crippen molar-refractivity contribution >= 4 is 17.4 Å². The van der Waals surface area contributed by atoms with E-state index in [1.807, 2.05) is 18.7 Å². The molecule has 6 heteroatoms. The van der Waals surface area contributed by atoms with E-state index in [4.69, 9.17) is 0 Å². The zero-order valence-electron chi connectivity index (χ0n) is 14.7. The molecule has 1 saturated heterocycles. The lowest BCUT2D eigenvalue weighted by Crippen LogP contribution is -2.45. The summed E-state index contributed by atoms with van der Waals surface area (Å²) >= 11 is 1.72. The first kappa shape index (κ1) is 17.0. The Morgan fingerprint density at radius 2 is 2.25 bits per heavy atom. The van der Waals surface area contributed by atoms with Crippen LogP contribution in [0.1, 0.15) is 46.6 Å². The minimum atomic E-state index is 0.0554. The summed E-state index contributed by atoms with van der Waals surface area (Å²) in [5.41, 5.74) is 2.31. The molecule has 1 N–H and O–H groups in total. The lowest BCUT2D eigenvalue weighted by Gasteiger charge is -2.36. The van der Waals surface area contributed by atoms with Crippen molar-refractivity contribution in [3.63, 3.8) is 0 Å². The van der Waals surface area contributed by atoms with E-state index in [2.05, 4.69) is 40.2 Å². The van der Waals surface area contributed by atoms with Gasteiger partial charge in [-0.05, 0) is 45.2 Å². The van der Waals surface area contributed by atoms with Crippen LogP contribution in [0.3, 0.4) is 0 Å². The fourth-order valence-corrected chi connectivity index (χ4v) is 4.43. The van der Waals surface area contributed by atoms with Crippen LogP contribution in [-0.2, 0) is 13.5 Å². The lowest BCUT2D eigenvalue weighted by atomic mass is 10.00. The molecule has 2 aromatic rings. The van der Waals surface area contributed by atoms with Gasteiger partial charge < -0.3 is 14.8 Å². The second kappa shape index (κ2) is 7.38. The maximum atomic E-state index is 12.7. The predicted octanol–water partition coefficient (Wildman–Crippen LogP) is 3.58. The molecule has 1 aliphatic rings. The predicted molar refractivity (Wildman–Crippen MR) is 97.4 cm³/mol. The van der Waals surface area contributed by atoms with Gasteiger partial charge in [-0.15, -0.1) is 11.3 Å². The molecule has 24 heavy (non-hydrogen) atoms. The van der Waals surface area contributed by atoms with Gasteiger partial charge in [-0.2, -0.15) is 0 Å². The van der Waals surface area contributed by atoms with Crippen molar-refractivity contribution in [2.24, 2.45) is 7.05 Å². The number of aromatic nitrogens is 2. The van der Waals surface area contributed by atoms with Crippen LogP contribution >= 0.6 is 11.3 Å². The number of likely N-dealkylation sites (tertiary alicyclic amines) is 1. The Balaban J connectivity index is 1.60. The number of aryl methyl sites for hydroxylation is 3. The highest BCUT2D eigenvalue weighted by atomic mass is 32.1. The second-order valence-electron chi connectivity index (χ2n) is 6.47. The van der Waals surface area contributed by atoms with E-state index in [0.717, 1.165) is 36.5 Å². The van der Waals surface area contributed by atoms with E-state index >= 15 is 0 Å². The largest absolute Gasteiger partial charge is 0.353 e. The number of thiazole rings is 1. The second-order valence-corrected chi connectivity index (χ2v) is 7.76. The summed E-state index contributed by atoms with van der Waals surface area (Å²) in [6.07, 6.45) is 6.21. The molecule has 0 saturated carbocycles. The minimum Gasteiger partial charge on any atom is -0.353 e. The zero-order chi connectivity index (χ0) is 17.1. The third-order valence-corrected chi connectivity index (χ3v) is 5.85. The van der Waals surface area contributed by atoms with Crippen molar-refractivity contribution in [2.45, 2.75) is 45.6 Å².